The van der Waals surface area contributed by atoms with Crippen molar-refractivity contribution >= 4 is 23.1 Å². The average Bonchev–Trinajstić information content (AvgIpc) is 3.60. The number of imidazole rings is 1. The lowest BCUT2D eigenvalue weighted by Gasteiger charge is -2.32. The molecule has 6 rings (SSSR count). The van der Waals surface area contributed by atoms with Crippen molar-refractivity contribution in [2.75, 3.05) is 18.4 Å². The van der Waals surface area contributed by atoms with Crippen molar-refractivity contribution in [3.05, 3.63) is 84.3 Å². The van der Waals surface area contributed by atoms with Crippen LogP contribution in [0.4, 0.5) is 20.3 Å². The van der Waals surface area contributed by atoms with E-state index >= 15 is 0 Å². The highest BCUT2D eigenvalue weighted by molar-refractivity contribution is 5.96. The van der Waals surface area contributed by atoms with Crippen molar-refractivity contribution < 1.29 is 18.3 Å². The fraction of sp³-hybridized carbons (Fsp3) is 0.276. The lowest BCUT2D eigenvalue weighted by atomic mass is 9.95. The first kappa shape index (κ1) is 26.4. The topological polar surface area (TPSA) is 102 Å². The summed E-state index contributed by atoms with van der Waals surface area (Å²) in [5.74, 6) is 1.92. The number of nitrogens with one attached hydrogen (secondary N) is 1. The van der Waals surface area contributed by atoms with E-state index in [2.05, 4.69) is 30.2 Å². The quantitative estimate of drug-likeness (QED) is 0.293. The molecule has 0 saturated carbocycles. The Morgan fingerprint density at radius 3 is 2.56 bits per heavy atom. The lowest BCUT2D eigenvalue weighted by molar-refractivity contribution is -0.0498. The highest BCUT2D eigenvalue weighted by Gasteiger charge is 2.27. The number of benzene rings is 2. The SMILES string of the molecule is Cc1cc(Nc2nccn3c(-c4ccc(OC(F)F)cc4)cnc23)ccc1C(=O)N1CCC(c2nncn2C)CC1. The molecule has 10 nitrogen and oxygen atoms in total. The van der Waals surface area contributed by atoms with Crippen LogP contribution in [0.3, 0.4) is 0 Å². The molecule has 41 heavy (non-hydrogen) atoms. The minimum atomic E-state index is -2.87. The minimum absolute atomic E-state index is 0.0218. The maximum atomic E-state index is 13.3. The highest BCUT2D eigenvalue weighted by atomic mass is 19.3. The number of rotatable bonds is 7. The first-order valence-electron chi connectivity index (χ1n) is 13.3. The van der Waals surface area contributed by atoms with Gasteiger partial charge in [0.2, 0.25) is 0 Å². The Bertz CT molecular complexity index is 1690. The van der Waals surface area contributed by atoms with Gasteiger partial charge in [-0.25, -0.2) is 9.97 Å². The van der Waals surface area contributed by atoms with Crippen molar-refractivity contribution in [1.29, 1.82) is 0 Å². The summed E-state index contributed by atoms with van der Waals surface area (Å²) in [4.78, 5) is 24.2. The third-order valence-corrected chi connectivity index (χ3v) is 7.42. The summed E-state index contributed by atoms with van der Waals surface area (Å²) >= 11 is 0. The lowest BCUT2D eigenvalue weighted by Crippen LogP contribution is -2.38. The Morgan fingerprint density at radius 1 is 1.10 bits per heavy atom. The van der Waals surface area contributed by atoms with Gasteiger partial charge in [0, 0.05) is 55.3 Å². The number of ether oxygens (including phenoxy) is 1. The summed E-state index contributed by atoms with van der Waals surface area (Å²) in [6.07, 6.45) is 8.56. The molecule has 5 aromatic rings. The number of aryl methyl sites for hydroxylation is 2. The second-order valence-corrected chi connectivity index (χ2v) is 10.0. The Morgan fingerprint density at radius 2 is 1.88 bits per heavy atom. The number of nitrogens with zero attached hydrogens (tertiary/aromatic N) is 7. The van der Waals surface area contributed by atoms with Gasteiger partial charge in [-0.3, -0.25) is 9.20 Å². The van der Waals surface area contributed by atoms with Gasteiger partial charge in [-0.15, -0.1) is 10.2 Å². The van der Waals surface area contributed by atoms with Crippen LogP contribution in [-0.4, -0.2) is 59.6 Å². The van der Waals surface area contributed by atoms with Crippen molar-refractivity contribution in [2.45, 2.75) is 32.3 Å². The first-order chi connectivity index (χ1) is 19.9. The zero-order valence-corrected chi connectivity index (χ0v) is 22.5. The number of piperidine rings is 1. The molecule has 1 saturated heterocycles. The molecule has 1 aliphatic heterocycles. The van der Waals surface area contributed by atoms with Crippen LogP contribution >= 0.6 is 0 Å². The van der Waals surface area contributed by atoms with Gasteiger partial charge >= 0.3 is 6.61 Å². The number of carbonyl (C=O) groups excluding carboxylic acids is 1. The molecule has 1 amide bonds. The van der Waals surface area contributed by atoms with Crippen molar-refractivity contribution in [2.24, 2.45) is 7.05 Å². The molecule has 1 N–H and O–H groups in total. The fourth-order valence-electron chi connectivity index (χ4n) is 5.32. The number of hydrogen-bond donors (Lipinski definition) is 1. The molecule has 4 heterocycles. The molecule has 210 valence electrons. The van der Waals surface area contributed by atoms with E-state index in [1.54, 1.807) is 37.1 Å². The third kappa shape index (κ3) is 5.32. The number of hydrogen-bond acceptors (Lipinski definition) is 7. The van der Waals surface area contributed by atoms with Gasteiger partial charge in [0.15, 0.2) is 11.5 Å². The summed E-state index contributed by atoms with van der Waals surface area (Å²) in [5, 5.41) is 11.5. The van der Waals surface area contributed by atoms with E-state index in [0.717, 1.165) is 41.2 Å². The van der Waals surface area contributed by atoms with Gasteiger partial charge < -0.3 is 19.5 Å². The standard InChI is InChI=1S/C29H28F2N8O2/c1-18-15-21(5-8-23(18)28(40)38-12-9-20(10-13-38)26-36-34-17-37(26)2)35-25-27-33-16-24(39(27)14-11-32-25)19-3-6-22(7-4-19)41-29(30)31/h3-8,11,14-17,20,29H,9-10,12-13H2,1-2H3,(H,32,35). The van der Waals surface area contributed by atoms with E-state index < -0.39 is 6.61 Å². The highest BCUT2D eigenvalue weighted by Crippen LogP contribution is 2.30. The van der Waals surface area contributed by atoms with Crippen LogP contribution in [0.5, 0.6) is 5.75 Å². The van der Waals surface area contributed by atoms with E-state index in [0.29, 0.717) is 36.0 Å². The third-order valence-electron chi connectivity index (χ3n) is 7.42. The second kappa shape index (κ2) is 11.0. The summed E-state index contributed by atoms with van der Waals surface area (Å²) in [7, 11) is 1.95. The van der Waals surface area contributed by atoms with Crippen LogP contribution in [0.15, 0.2) is 67.4 Å². The van der Waals surface area contributed by atoms with E-state index in [1.807, 2.05) is 46.0 Å². The molecular formula is C29H28F2N8O2. The molecule has 2 aromatic carbocycles. The maximum absolute atomic E-state index is 13.3. The average molecular weight is 559 g/mol. The molecule has 0 unspecified atom stereocenters. The van der Waals surface area contributed by atoms with Gasteiger partial charge in [0.05, 0.1) is 11.9 Å². The number of carbonyl (C=O) groups is 1. The summed E-state index contributed by atoms with van der Waals surface area (Å²) in [5.41, 5.74) is 4.46. The monoisotopic (exact) mass is 558 g/mol. The van der Waals surface area contributed by atoms with Gasteiger partial charge in [-0.1, -0.05) is 0 Å². The van der Waals surface area contributed by atoms with Crippen LogP contribution in [0, 0.1) is 6.92 Å². The zero-order valence-electron chi connectivity index (χ0n) is 22.5. The van der Waals surface area contributed by atoms with Crippen molar-refractivity contribution in [1.82, 2.24) is 34.0 Å². The number of aromatic nitrogens is 6. The van der Waals surface area contributed by atoms with Crippen LogP contribution < -0.4 is 10.1 Å². The Labute approximate surface area is 234 Å². The minimum Gasteiger partial charge on any atom is -0.435 e. The van der Waals surface area contributed by atoms with E-state index in [4.69, 9.17) is 0 Å². The number of amides is 1. The number of anilines is 2. The zero-order chi connectivity index (χ0) is 28.5. The number of halogens is 2. The molecule has 12 heteroatoms. The molecule has 1 aliphatic rings. The Kier molecular flexibility index (Phi) is 7.04. The fourth-order valence-corrected chi connectivity index (χ4v) is 5.32. The molecule has 0 radical (unpaired) electrons. The van der Waals surface area contributed by atoms with E-state index in [-0.39, 0.29) is 11.7 Å². The Hall–Kier alpha value is -4.87. The largest absolute Gasteiger partial charge is 0.435 e. The van der Waals surface area contributed by atoms with Gasteiger partial charge in [-0.05, 0) is 67.8 Å². The summed E-state index contributed by atoms with van der Waals surface area (Å²) in [6.45, 7) is 0.395. The Balaban J connectivity index is 1.16. The maximum Gasteiger partial charge on any atom is 0.387 e. The van der Waals surface area contributed by atoms with E-state index in [9.17, 15) is 13.6 Å². The van der Waals surface area contributed by atoms with Gasteiger partial charge in [0.1, 0.15) is 17.9 Å². The molecule has 3 aromatic heterocycles. The van der Waals surface area contributed by atoms with Gasteiger partial charge in [0.25, 0.3) is 5.91 Å². The molecule has 1 fully saturated rings. The predicted molar refractivity (Wildman–Crippen MR) is 148 cm³/mol. The summed E-state index contributed by atoms with van der Waals surface area (Å²) < 4.78 is 33.2. The summed E-state index contributed by atoms with van der Waals surface area (Å²) in [6, 6.07) is 12.0. The predicted octanol–water partition coefficient (Wildman–Crippen LogP) is 5.20. The van der Waals surface area contributed by atoms with Crippen LogP contribution in [0.1, 0.15) is 40.5 Å². The molecule has 0 atom stereocenters. The van der Waals surface area contributed by atoms with Crippen LogP contribution in [0.25, 0.3) is 16.9 Å². The second-order valence-electron chi connectivity index (χ2n) is 10.0. The normalized spacial score (nSPS) is 14.1. The van der Waals surface area contributed by atoms with E-state index in [1.165, 1.54) is 12.1 Å². The number of fused-ring (bicyclic) bond motifs is 1. The van der Waals surface area contributed by atoms with Crippen LogP contribution in [0.2, 0.25) is 0 Å². The van der Waals surface area contributed by atoms with Crippen molar-refractivity contribution in [3.8, 4) is 17.0 Å². The van der Waals surface area contributed by atoms with Gasteiger partial charge in [-0.2, -0.15) is 8.78 Å². The van der Waals surface area contributed by atoms with Crippen LogP contribution in [-0.2, 0) is 7.05 Å². The molecule has 0 aliphatic carbocycles. The first-order valence-corrected chi connectivity index (χ1v) is 13.3. The number of likely N-dealkylation sites (tertiary alicyclic amines) is 1. The molecule has 0 spiro atoms. The smallest absolute Gasteiger partial charge is 0.387 e. The number of alkyl halides is 2. The molecule has 0 bridgehead atoms. The van der Waals surface area contributed by atoms with Crippen molar-refractivity contribution in [3.63, 3.8) is 0 Å². The molecular weight excluding hydrogens is 530 g/mol.